The normalized spacial score (nSPS) is 10.3. The van der Waals surface area contributed by atoms with E-state index in [4.69, 9.17) is 19.9 Å². The Bertz CT molecular complexity index is 894. The number of rotatable bonds is 9. The second kappa shape index (κ2) is 10.1. The van der Waals surface area contributed by atoms with E-state index in [9.17, 15) is 14.4 Å². The molecule has 0 bridgehead atoms. The monoisotopic (exact) mass is 400 g/mol. The molecule has 0 aliphatic heterocycles. The number of benzene rings is 2. The van der Waals surface area contributed by atoms with E-state index in [1.54, 1.807) is 18.2 Å². The first-order valence-corrected chi connectivity index (χ1v) is 8.98. The molecule has 8 nitrogen and oxygen atoms in total. The second-order valence-electron chi connectivity index (χ2n) is 6.60. The van der Waals surface area contributed by atoms with Crippen LogP contribution in [0.5, 0.6) is 11.5 Å². The summed E-state index contributed by atoms with van der Waals surface area (Å²) < 4.78 is 15.9. The van der Waals surface area contributed by atoms with Crippen molar-refractivity contribution in [2.75, 3.05) is 25.6 Å². The Labute approximate surface area is 168 Å². The Morgan fingerprint density at radius 3 is 2.45 bits per heavy atom. The van der Waals surface area contributed by atoms with Crippen molar-refractivity contribution in [2.24, 2.45) is 11.7 Å². The van der Waals surface area contributed by atoms with Gasteiger partial charge in [-0.05, 0) is 36.2 Å². The minimum absolute atomic E-state index is 0.161. The Morgan fingerprint density at radius 2 is 1.79 bits per heavy atom. The third kappa shape index (κ3) is 6.24. The van der Waals surface area contributed by atoms with Crippen LogP contribution in [0.4, 0.5) is 5.69 Å². The number of para-hydroxylation sites is 1. The summed E-state index contributed by atoms with van der Waals surface area (Å²) in [4.78, 5) is 35.7. The molecule has 2 amide bonds. The summed E-state index contributed by atoms with van der Waals surface area (Å²) >= 11 is 0. The lowest BCUT2D eigenvalue weighted by Crippen LogP contribution is -2.23. The number of primary amides is 1. The van der Waals surface area contributed by atoms with Crippen molar-refractivity contribution in [3.05, 3.63) is 53.6 Å². The molecular weight excluding hydrogens is 376 g/mol. The molecule has 8 heteroatoms. The van der Waals surface area contributed by atoms with Crippen molar-refractivity contribution in [1.29, 1.82) is 0 Å². The van der Waals surface area contributed by atoms with Gasteiger partial charge in [-0.25, -0.2) is 4.79 Å². The molecule has 0 saturated carbocycles. The van der Waals surface area contributed by atoms with Crippen molar-refractivity contribution < 1.29 is 28.6 Å². The minimum Gasteiger partial charge on any atom is -0.493 e. The summed E-state index contributed by atoms with van der Waals surface area (Å²) in [6.45, 7) is 4.02. The maximum absolute atomic E-state index is 12.2. The first-order chi connectivity index (χ1) is 13.8. The molecule has 0 spiro atoms. The van der Waals surface area contributed by atoms with Gasteiger partial charge in [0.05, 0.1) is 30.5 Å². The van der Waals surface area contributed by atoms with Crippen LogP contribution in [0.15, 0.2) is 42.5 Å². The second-order valence-corrected chi connectivity index (χ2v) is 6.60. The molecule has 29 heavy (non-hydrogen) atoms. The van der Waals surface area contributed by atoms with E-state index in [1.165, 1.54) is 31.4 Å². The summed E-state index contributed by atoms with van der Waals surface area (Å²) in [5, 5.41) is 2.50. The molecule has 2 aromatic rings. The van der Waals surface area contributed by atoms with Gasteiger partial charge in [0.2, 0.25) is 0 Å². The first-order valence-electron chi connectivity index (χ1n) is 8.98. The average Bonchev–Trinajstić information content (AvgIpc) is 2.70. The molecule has 0 unspecified atom stereocenters. The number of amides is 2. The lowest BCUT2D eigenvalue weighted by molar-refractivity contribution is -0.119. The summed E-state index contributed by atoms with van der Waals surface area (Å²) in [5.74, 6) is -0.737. The van der Waals surface area contributed by atoms with E-state index in [-0.39, 0.29) is 16.8 Å². The maximum Gasteiger partial charge on any atom is 0.338 e. The lowest BCUT2D eigenvalue weighted by atomic mass is 10.1. The molecule has 0 aliphatic carbocycles. The number of carbonyl (C=O) groups is 3. The Morgan fingerprint density at radius 1 is 1.07 bits per heavy atom. The predicted octanol–water partition coefficient (Wildman–Crippen LogP) is 2.62. The number of methoxy groups -OCH3 is 1. The highest BCUT2D eigenvalue weighted by Gasteiger charge is 2.15. The zero-order valence-electron chi connectivity index (χ0n) is 16.6. The molecule has 0 atom stereocenters. The topological polar surface area (TPSA) is 117 Å². The van der Waals surface area contributed by atoms with Crippen LogP contribution in [0, 0.1) is 5.92 Å². The van der Waals surface area contributed by atoms with Gasteiger partial charge < -0.3 is 25.3 Å². The van der Waals surface area contributed by atoms with Crippen molar-refractivity contribution in [3.63, 3.8) is 0 Å². The molecular formula is C21H24N2O6. The van der Waals surface area contributed by atoms with E-state index >= 15 is 0 Å². The van der Waals surface area contributed by atoms with E-state index < -0.39 is 24.4 Å². The van der Waals surface area contributed by atoms with Gasteiger partial charge in [-0.3, -0.25) is 9.59 Å². The van der Waals surface area contributed by atoms with Gasteiger partial charge >= 0.3 is 5.97 Å². The number of carbonyl (C=O) groups excluding carboxylic acids is 3. The fourth-order valence-corrected chi connectivity index (χ4v) is 2.38. The van der Waals surface area contributed by atoms with Crippen LogP contribution in [-0.2, 0) is 9.53 Å². The zero-order valence-corrected chi connectivity index (χ0v) is 16.6. The van der Waals surface area contributed by atoms with Crippen molar-refractivity contribution in [2.45, 2.75) is 13.8 Å². The summed E-state index contributed by atoms with van der Waals surface area (Å²) in [7, 11) is 1.47. The van der Waals surface area contributed by atoms with Gasteiger partial charge in [0, 0.05) is 0 Å². The number of nitrogens with one attached hydrogen (secondary N) is 1. The number of nitrogens with two attached hydrogens (primary N) is 1. The molecule has 2 rings (SSSR count). The van der Waals surface area contributed by atoms with Crippen LogP contribution in [0.25, 0.3) is 0 Å². The summed E-state index contributed by atoms with van der Waals surface area (Å²) in [6.07, 6.45) is 0. The molecule has 0 saturated heterocycles. The highest BCUT2D eigenvalue weighted by atomic mass is 16.5. The van der Waals surface area contributed by atoms with Gasteiger partial charge in [0.1, 0.15) is 0 Å². The maximum atomic E-state index is 12.2. The predicted molar refractivity (Wildman–Crippen MR) is 107 cm³/mol. The molecule has 0 fully saturated rings. The van der Waals surface area contributed by atoms with Crippen LogP contribution < -0.4 is 20.5 Å². The molecule has 3 N–H and O–H groups in total. The minimum atomic E-state index is -0.697. The summed E-state index contributed by atoms with van der Waals surface area (Å²) in [5.41, 5.74) is 5.89. The first kappa shape index (κ1) is 21.7. The number of ether oxygens (including phenoxy) is 3. The number of hydrogen-bond acceptors (Lipinski definition) is 6. The van der Waals surface area contributed by atoms with Crippen LogP contribution in [0.3, 0.4) is 0 Å². The average molecular weight is 400 g/mol. The van der Waals surface area contributed by atoms with Gasteiger partial charge in [-0.1, -0.05) is 26.0 Å². The standard InChI is InChI=1S/C21H24N2O6/c1-13(2)11-28-17-9-8-14(10-18(17)27-3)21(26)29-12-19(24)23-16-7-5-4-6-15(16)20(22)25/h4-10,13H,11-12H2,1-3H3,(H2,22,25)(H,23,24). The van der Waals surface area contributed by atoms with Crippen LogP contribution in [0.2, 0.25) is 0 Å². The van der Waals surface area contributed by atoms with Crippen LogP contribution in [-0.4, -0.2) is 38.1 Å². The Balaban J connectivity index is 1.98. The van der Waals surface area contributed by atoms with E-state index in [2.05, 4.69) is 5.32 Å². The van der Waals surface area contributed by atoms with E-state index in [0.717, 1.165) is 0 Å². The van der Waals surface area contributed by atoms with Crippen molar-refractivity contribution >= 4 is 23.5 Å². The summed E-state index contributed by atoms with van der Waals surface area (Å²) in [6, 6.07) is 10.9. The molecule has 0 aliphatic rings. The SMILES string of the molecule is COc1cc(C(=O)OCC(=O)Nc2ccccc2C(N)=O)ccc1OCC(C)C. The number of anilines is 1. The number of hydrogen-bond donors (Lipinski definition) is 2. The fraction of sp³-hybridized carbons (Fsp3) is 0.286. The fourth-order valence-electron chi connectivity index (χ4n) is 2.38. The van der Waals surface area contributed by atoms with Crippen molar-refractivity contribution in [1.82, 2.24) is 0 Å². The third-order valence-electron chi connectivity index (χ3n) is 3.77. The Hall–Kier alpha value is -3.55. The van der Waals surface area contributed by atoms with Gasteiger partial charge in [0.15, 0.2) is 18.1 Å². The third-order valence-corrected chi connectivity index (χ3v) is 3.77. The highest BCUT2D eigenvalue weighted by Crippen LogP contribution is 2.28. The van der Waals surface area contributed by atoms with Gasteiger partial charge in [-0.2, -0.15) is 0 Å². The molecule has 154 valence electrons. The molecule has 0 heterocycles. The molecule has 2 aromatic carbocycles. The zero-order chi connectivity index (χ0) is 21.4. The lowest BCUT2D eigenvalue weighted by Gasteiger charge is -2.13. The smallest absolute Gasteiger partial charge is 0.338 e. The number of esters is 1. The Kier molecular flexibility index (Phi) is 7.59. The van der Waals surface area contributed by atoms with Crippen LogP contribution in [0.1, 0.15) is 34.6 Å². The molecule has 0 aromatic heterocycles. The highest BCUT2D eigenvalue weighted by molar-refractivity contribution is 6.03. The molecule has 0 radical (unpaired) electrons. The van der Waals surface area contributed by atoms with Gasteiger partial charge in [-0.15, -0.1) is 0 Å². The van der Waals surface area contributed by atoms with Crippen LogP contribution >= 0.6 is 0 Å². The largest absolute Gasteiger partial charge is 0.493 e. The van der Waals surface area contributed by atoms with Crippen molar-refractivity contribution in [3.8, 4) is 11.5 Å². The van der Waals surface area contributed by atoms with E-state index in [1.807, 2.05) is 13.8 Å². The quantitative estimate of drug-likeness (QED) is 0.625. The van der Waals surface area contributed by atoms with E-state index in [0.29, 0.717) is 24.0 Å². The van der Waals surface area contributed by atoms with Gasteiger partial charge in [0.25, 0.3) is 11.8 Å².